The van der Waals surface area contributed by atoms with Crippen molar-refractivity contribution < 1.29 is 39.5 Å². The first-order chi connectivity index (χ1) is 20.5. The van der Waals surface area contributed by atoms with Crippen molar-refractivity contribution in [3.63, 3.8) is 0 Å². The number of fused-ring (bicyclic) bond motifs is 4. The summed E-state index contributed by atoms with van der Waals surface area (Å²) < 4.78 is 11.4. The van der Waals surface area contributed by atoms with Gasteiger partial charge in [0.1, 0.15) is 30.2 Å². The molecule has 0 unspecified atom stereocenters. The molecular weight excluding hydrogens is 560 g/mol. The summed E-state index contributed by atoms with van der Waals surface area (Å²) in [6.45, 7) is 15.0. The monoisotopic (exact) mass is 616 g/mol. The highest BCUT2D eigenvalue weighted by Gasteiger charge is 2.64. The second-order valence-electron chi connectivity index (χ2n) is 16.1. The Hall–Kier alpha value is -1.58. The molecule has 0 bridgehead atoms. The van der Waals surface area contributed by atoms with Crippen LogP contribution in [0.1, 0.15) is 113 Å². The molecule has 4 N–H and O–H groups in total. The van der Waals surface area contributed by atoms with E-state index in [1.807, 2.05) is 13.8 Å². The second-order valence-corrected chi connectivity index (χ2v) is 16.1. The van der Waals surface area contributed by atoms with Gasteiger partial charge in [0.15, 0.2) is 0 Å². The average Bonchev–Trinajstić information content (AvgIpc) is 3.24. The second kappa shape index (κ2) is 11.9. The molecule has 1 aliphatic heterocycles. The van der Waals surface area contributed by atoms with E-state index in [0.29, 0.717) is 24.5 Å². The Morgan fingerprint density at radius 1 is 0.955 bits per heavy atom. The summed E-state index contributed by atoms with van der Waals surface area (Å²) in [5.74, 6) is -0.0983. The molecule has 0 aromatic heterocycles. The van der Waals surface area contributed by atoms with E-state index >= 15 is 0 Å². The number of allylic oxidation sites excluding steroid dienone is 4. The number of carbonyl (C=O) groups excluding carboxylic acids is 2. The molecule has 0 aromatic rings. The molecule has 0 aromatic carbocycles. The Kier molecular flexibility index (Phi) is 9.13. The maximum atomic E-state index is 14.1. The first-order valence-corrected chi connectivity index (χ1v) is 16.9. The van der Waals surface area contributed by atoms with E-state index in [2.05, 4.69) is 40.7 Å². The van der Waals surface area contributed by atoms with Crippen LogP contribution >= 0.6 is 0 Å². The van der Waals surface area contributed by atoms with Crippen LogP contribution in [0, 0.1) is 39.4 Å². The zero-order chi connectivity index (χ0) is 32.4. The molecule has 0 spiro atoms. The first kappa shape index (κ1) is 33.8. The Labute approximate surface area is 263 Å². The summed E-state index contributed by atoms with van der Waals surface area (Å²) in [6.07, 6.45) is 3.53. The van der Waals surface area contributed by atoms with E-state index in [1.54, 1.807) is 11.1 Å². The van der Waals surface area contributed by atoms with Crippen LogP contribution in [0.25, 0.3) is 0 Å². The number of esters is 1. The predicted molar refractivity (Wildman–Crippen MR) is 166 cm³/mol. The van der Waals surface area contributed by atoms with Gasteiger partial charge in [0.05, 0.1) is 12.5 Å². The number of aliphatic hydroxyl groups is 4. The number of rotatable bonds is 7. The van der Waals surface area contributed by atoms with Gasteiger partial charge in [-0.15, -0.1) is 0 Å². The summed E-state index contributed by atoms with van der Waals surface area (Å²) in [7, 11) is 0. The number of Topliss-reactive ketones (excluding diaryl/α,β-unsaturated/α-hetero) is 1. The Balaban J connectivity index is 1.45. The van der Waals surface area contributed by atoms with Gasteiger partial charge in [-0.3, -0.25) is 9.59 Å². The smallest absolute Gasteiger partial charge is 0.311 e. The van der Waals surface area contributed by atoms with Crippen molar-refractivity contribution in [3.8, 4) is 0 Å². The molecule has 8 heteroatoms. The standard InChI is InChI=1S/C36H56O8/c1-20(2)9-8-10-21(31(42)44-32-30(41)29(40)28(39)25(19-37)43-32)22-13-17-36(7)24-11-12-26-33(3,4)27(38)15-16-34(26,5)23(24)14-18-35(22,36)6/h9,21-22,25-26,28-30,32,37,39-41H,8,10-19H2,1-7H3/t21-,22-,25-,26+,28-,29+,30-,32+,34-,35-,36+/m1/s1. The quantitative estimate of drug-likeness (QED) is 0.232. The summed E-state index contributed by atoms with van der Waals surface area (Å²) in [5.41, 5.74) is 3.85. The molecular formula is C36H56O8. The van der Waals surface area contributed by atoms with Crippen LogP contribution in [0.4, 0.5) is 0 Å². The van der Waals surface area contributed by atoms with Crippen LogP contribution in [0.2, 0.25) is 0 Å². The number of aliphatic hydroxyl groups excluding tert-OH is 4. The molecule has 1 saturated heterocycles. The summed E-state index contributed by atoms with van der Waals surface area (Å²) in [5, 5.41) is 40.8. The number of ether oxygens (including phenoxy) is 2. The van der Waals surface area contributed by atoms with Crippen LogP contribution in [-0.4, -0.2) is 69.5 Å². The van der Waals surface area contributed by atoms with Crippen LogP contribution < -0.4 is 0 Å². The fourth-order valence-electron chi connectivity index (χ4n) is 10.6. The van der Waals surface area contributed by atoms with Gasteiger partial charge in [-0.25, -0.2) is 0 Å². The largest absolute Gasteiger partial charge is 0.432 e. The fraction of sp³-hybridized carbons (Fsp3) is 0.833. The molecule has 2 saturated carbocycles. The zero-order valence-electron chi connectivity index (χ0n) is 27.9. The van der Waals surface area contributed by atoms with Gasteiger partial charge in [0.2, 0.25) is 6.29 Å². The third-order valence-corrected chi connectivity index (χ3v) is 13.5. The van der Waals surface area contributed by atoms with Crippen LogP contribution in [-0.2, 0) is 19.1 Å². The maximum absolute atomic E-state index is 14.1. The third-order valence-electron chi connectivity index (χ3n) is 13.5. The van der Waals surface area contributed by atoms with Crippen LogP contribution in [0.15, 0.2) is 22.8 Å². The SMILES string of the molecule is CC(C)=CCC[C@@H](C(=O)O[C@@H]1O[C@H](CO)[C@@H](O)[C@H](O)[C@H]1O)[C@H]1CC[C@@]2(C)C3=C(CC[C@]12C)[C@@]1(C)CCC(=O)C(C)(C)[C@@H]1CC3. The third kappa shape index (κ3) is 5.15. The van der Waals surface area contributed by atoms with E-state index in [-0.39, 0.29) is 27.6 Å². The number of hydrogen-bond donors (Lipinski definition) is 4. The minimum absolute atomic E-state index is 0.0261. The van der Waals surface area contributed by atoms with E-state index in [1.165, 1.54) is 5.57 Å². The van der Waals surface area contributed by atoms with E-state index in [9.17, 15) is 30.0 Å². The summed E-state index contributed by atoms with van der Waals surface area (Å²) in [4.78, 5) is 27.0. The molecule has 0 radical (unpaired) electrons. The van der Waals surface area contributed by atoms with Crippen LogP contribution in [0.3, 0.4) is 0 Å². The van der Waals surface area contributed by atoms with Crippen molar-refractivity contribution in [1.29, 1.82) is 0 Å². The molecule has 8 nitrogen and oxygen atoms in total. The fourth-order valence-corrected chi connectivity index (χ4v) is 10.6. The van der Waals surface area contributed by atoms with Gasteiger partial charge < -0.3 is 29.9 Å². The van der Waals surface area contributed by atoms with Crippen molar-refractivity contribution in [2.75, 3.05) is 6.61 Å². The molecule has 5 aliphatic rings. The number of carbonyl (C=O) groups is 2. The lowest BCUT2D eigenvalue weighted by molar-refractivity contribution is -0.294. The molecule has 4 aliphatic carbocycles. The lowest BCUT2D eigenvalue weighted by Crippen LogP contribution is -2.59. The van der Waals surface area contributed by atoms with E-state index in [4.69, 9.17) is 9.47 Å². The molecule has 3 fully saturated rings. The summed E-state index contributed by atoms with van der Waals surface area (Å²) >= 11 is 0. The van der Waals surface area contributed by atoms with E-state index in [0.717, 1.165) is 51.4 Å². The van der Waals surface area contributed by atoms with Crippen molar-refractivity contribution in [2.45, 2.75) is 143 Å². The molecule has 11 atom stereocenters. The summed E-state index contributed by atoms with van der Waals surface area (Å²) in [6, 6.07) is 0. The number of ketones is 1. The minimum Gasteiger partial charge on any atom is -0.432 e. The molecule has 0 amide bonds. The van der Waals surface area contributed by atoms with E-state index < -0.39 is 49.2 Å². The molecule has 5 rings (SSSR count). The van der Waals surface area contributed by atoms with Gasteiger partial charge in [-0.05, 0) is 99.7 Å². The lowest BCUT2D eigenvalue weighted by Gasteiger charge is -2.60. The first-order valence-electron chi connectivity index (χ1n) is 16.9. The molecule has 1 heterocycles. The van der Waals surface area contributed by atoms with Gasteiger partial charge in [0.25, 0.3) is 0 Å². The van der Waals surface area contributed by atoms with Crippen molar-refractivity contribution >= 4 is 11.8 Å². The molecule has 248 valence electrons. The Morgan fingerprint density at radius 3 is 2.32 bits per heavy atom. The molecule has 44 heavy (non-hydrogen) atoms. The van der Waals surface area contributed by atoms with Crippen molar-refractivity contribution in [2.24, 2.45) is 39.4 Å². The normalized spacial score (nSPS) is 43.9. The minimum atomic E-state index is -1.62. The zero-order valence-corrected chi connectivity index (χ0v) is 27.9. The Morgan fingerprint density at radius 2 is 1.66 bits per heavy atom. The van der Waals surface area contributed by atoms with Gasteiger partial charge >= 0.3 is 5.97 Å². The van der Waals surface area contributed by atoms with Gasteiger partial charge in [-0.2, -0.15) is 0 Å². The van der Waals surface area contributed by atoms with Gasteiger partial charge in [-0.1, -0.05) is 57.4 Å². The predicted octanol–water partition coefficient (Wildman–Crippen LogP) is 5.01. The van der Waals surface area contributed by atoms with Crippen molar-refractivity contribution in [1.82, 2.24) is 0 Å². The van der Waals surface area contributed by atoms with Gasteiger partial charge in [0, 0.05) is 11.8 Å². The Bertz CT molecular complexity index is 1200. The lowest BCUT2D eigenvalue weighted by atomic mass is 9.43. The highest BCUT2D eigenvalue weighted by atomic mass is 16.7. The number of hydrogen-bond acceptors (Lipinski definition) is 8. The maximum Gasteiger partial charge on any atom is 0.311 e. The van der Waals surface area contributed by atoms with Crippen molar-refractivity contribution in [3.05, 3.63) is 22.8 Å². The topological polar surface area (TPSA) is 134 Å². The van der Waals surface area contributed by atoms with Crippen LogP contribution in [0.5, 0.6) is 0 Å². The highest BCUT2D eigenvalue weighted by molar-refractivity contribution is 5.85. The average molecular weight is 617 g/mol. The highest BCUT2D eigenvalue weighted by Crippen LogP contribution is 2.72.